The fourth-order valence-corrected chi connectivity index (χ4v) is 1.83. The van der Waals surface area contributed by atoms with E-state index in [-0.39, 0.29) is 0 Å². The summed E-state index contributed by atoms with van der Waals surface area (Å²) in [5, 5.41) is 0. The standard InChI is InChI=1S/C14H11N5O2/c20-13(9-3-4-11-12(6-9)17-8-16-11)18-19-14(21)10-2-1-5-15-7-10/h1-8H,(H,16,17)(H,18,20)(H,19,21). The second-order valence-electron chi connectivity index (χ2n) is 4.28. The maximum atomic E-state index is 12.0. The summed E-state index contributed by atoms with van der Waals surface area (Å²) < 4.78 is 0. The average molecular weight is 281 g/mol. The third kappa shape index (κ3) is 2.71. The highest BCUT2D eigenvalue weighted by Crippen LogP contribution is 2.11. The molecule has 3 rings (SSSR count). The van der Waals surface area contributed by atoms with Gasteiger partial charge in [0.25, 0.3) is 11.8 Å². The molecule has 0 aliphatic rings. The zero-order valence-corrected chi connectivity index (χ0v) is 10.8. The molecule has 0 aliphatic carbocycles. The molecule has 21 heavy (non-hydrogen) atoms. The van der Waals surface area contributed by atoms with E-state index in [2.05, 4.69) is 25.8 Å². The quantitative estimate of drug-likeness (QED) is 0.611. The van der Waals surface area contributed by atoms with Crippen LogP contribution in [-0.4, -0.2) is 26.8 Å². The summed E-state index contributed by atoms with van der Waals surface area (Å²) in [4.78, 5) is 34.6. The topological polar surface area (TPSA) is 99.8 Å². The van der Waals surface area contributed by atoms with E-state index < -0.39 is 11.8 Å². The van der Waals surface area contributed by atoms with Crippen molar-refractivity contribution in [3.05, 3.63) is 60.2 Å². The number of fused-ring (bicyclic) bond motifs is 1. The summed E-state index contributed by atoms with van der Waals surface area (Å²) in [6, 6.07) is 8.26. The number of carbonyl (C=O) groups excluding carboxylic acids is 2. The Labute approximate surface area is 119 Å². The first kappa shape index (κ1) is 12.8. The number of hydrogen-bond acceptors (Lipinski definition) is 4. The fraction of sp³-hybridized carbons (Fsp3) is 0. The predicted molar refractivity (Wildman–Crippen MR) is 75.3 cm³/mol. The van der Waals surface area contributed by atoms with Gasteiger partial charge in [-0.3, -0.25) is 25.4 Å². The smallest absolute Gasteiger partial charge is 0.271 e. The molecule has 2 amide bonds. The molecule has 7 heteroatoms. The summed E-state index contributed by atoms with van der Waals surface area (Å²) in [6.07, 6.45) is 4.53. The minimum absolute atomic E-state index is 0.363. The summed E-state index contributed by atoms with van der Waals surface area (Å²) in [5.74, 6) is -0.845. The van der Waals surface area contributed by atoms with Gasteiger partial charge in [0.05, 0.1) is 22.9 Å². The minimum Gasteiger partial charge on any atom is -0.345 e. The molecule has 0 spiro atoms. The van der Waals surface area contributed by atoms with E-state index in [9.17, 15) is 9.59 Å². The lowest BCUT2D eigenvalue weighted by Crippen LogP contribution is -2.41. The molecular formula is C14H11N5O2. The number of H-pyrrole nitrogens is 1. The highest BCUT2D eigenvalue weighted by Gasteiger charge is 2.10. The molecule has 1 aromatic carbocycles. The van der Waals surface area contributed by atoms with Gasteiger partial charge in [-0.25, -0.2) is 4.98 Å². The van der Waals surface area contributed by atoms with Crippen molar-refractivity contribution in [3.63, 3.8) is 0 Å². The van der Waals surface area contributed by atoms with Crippen LogP contribution >= 0.6 is 0 Å². The predicted octanol–water partition coefficient (Wildman–Crippen LogP) is 1.03. The lowest BCUT2D eigenvalue weighted by molar-refractivity contribution is 0.0846. The highest BCUT2D eigenvalue weighted by atomic mass is 16.2. The van der Waals surface area contributed by atoms with Gasteiger partial charge >= 0.3 is 0 Å². The first-order valence-corrected chi connectivity index (χ1v) is 6.18. The molecule has 7 nitrogen and oxygen atoms in total. The molecule has 0 bridgehead atoms. The van der Waals surface area contributed by atoms with Gasteiger partial charge in [0.2, 0.25) is 0 Å². The molecule has 0 saturated carbocycles. The maximum absolute atomic E-state index is 12.0. The van der Waals surface area contributed by atoms with E-state index in [0.29, 0.717) is 11.1 Å². The van der Waals surface area contributed by atoms with E-state index in [1.165, 1.54) is 6.20 Å². The Morgan fingerprint density at radius 1 is 1.05 bits per heavy atom. The lowest BCUT2D eigenvalue weighted by atomic mass is 10.2. The van der Waals surface area contributed by atoms with Gasteiger partial charge < -0.3 is 4.98 Å². The normalized spacial score (nSPS) is 10.3. The molecule has 0 aliphatic heterocycles. The fourth-order valence-electron chi connectivity index (χ4n) is 1.83. The molecule has 0 unspecified atom stereocenters. The van der Waals surface area contributed by atoms with Crippen LogP contribution in [0, 0.1) is 0 Å². The first-order chi connectivity index (χ1) is 10.2. The number of nitrogens with one attached hydrogen (secondary N) is 3. The largest absolute Gasteiger partial charge is 0.345 e. The molecule has 2 heterocycles. The number of hydrogen-bond donors (Lipinski definition) is 3. The van der Waals surface area contributed by atoms with Crippen LogP contribution in [0.3, 0.4) is 0 Å². The van der Waals surface area contributed by atoms with Crippen molar-refractivity contribution in [1.29, 1.82) is 0 Å². The number of hydrazine groups is 1. The van der Waals surface area contributed by atoms with E-state index in [1.54, 1.807) is 42.9 Å². The van der Waals surface area contributed by atoms with Crippen LogP contribution in [0.5, 0.6) is 0 Å². The van der Waals surface area contributed by atoms with Crippen molar-refractivity contribution < 1.29 is 9.59 Å². The first-order valence-electron chi connectivity index (χ1n) is 6.18. The number of rotatable bonds is 2. The van der Waals surface area contributed by atoms with E-state index in [0.717, 1.165) is 11.0 Å². The van der Waals surface area contributed by atoms with Crippen LogP contribution in [0.2, 0.25) is 0 Å². The Morgan fingerprint density at radius 3 is 2.62 bits per heavy atom. The molecular weight excluding hydrogens is 270 g/mol. The Morgan fingerprint density at radius 2 is 1.86 bits per heavy atom. The molecule has 0 radical (unpaired) electrons. The number of amides is 2. The second-order valence-corrected chi connectivity index (χ2v) is 4.28. The monoisotopic (exact) mass is 281 g/mol. The number of pyridine rings is 1. The third-order valence-corrected chi connectivity index (χ3v) is 2.90. The Bertz CT molecular complexity index is 797. The Balaban J connectivity index is 1.67. The summed E-state index contributed by atoms with van der Waals surface area (Å²) >= 11 is 0. The van der Waals surface area contributed by atoms with E-state index in [1.807, 2.05) is 0 Å². The molecule has 0 saturated heterocycles. The van der Waals surface area contributed by atoms with Gasteiger partial charge in [-0.15, -0.1) is 0 Å². The van der Waals surface area contributed by atoms with Crippen molar-refractivity contribution >= 4 is 22.8 Å². The molecule has 3 N–H and O–H groups in total. The SMILES string of the molecule is O=C(NNC(=O)c1ccc2nc[nH]c2c1)c1cccnc1. The van der Waals surface area contributed by atoms with E-state index in [4.69, 9.17) is 0 Å². The third-order valence-electron chi connectivity index (χ3n) is 2.90. The van der Waals surface area contributed by atoms with E-state index >= 15 is 0 Å². The van der Waals surface area contributed by atoms with Crippen LogP contribution < -0.4 is 10.9 Å². The minimum atomic E-state index is -0.431. The zero-order valence-electron chi connectivity index (χ0n) is 10.8. The van der Waals surface area contributed by atoms with Crippen molar-refractivity contribution in [1.82, 2.24) is 25.8 Å². The Kier molecular flexibility index (Phi) is 3.30. The molecule has 0 atom stereocenters. The Hall–Kier alpha value is -3.22. The van der Waals surface area contributed by atoms with Gasteiger partial charge in [0, 0.05) is 18.0 Å². The molecule has 104 valence electrons. The molecule has 3 aromatic rings. The summed E-state index contributed by atoms with van der Waals surface area (Å²) in [6.45, 7) is 0. The van der Waals surface area contributed by atoms with Gasteiger partial charge in [-0.1, -0.05) is 0 Å². The van der Waals surface area contributed by atoms with Crippen molar-refractivity contribution in [3.8, 4) is 0 Å². The van der Waals surface area contributed by atoms with Gasteiger partial charge in [-0.05, 0) is 30.3 Å². The average Bonchev–Trinajstić information content (AvgIpc) is 3.00. The molecule has 0 fully saturated rings. The van der Waals surface area contributed by atoms with Crippen LogP contribution in [0.1, 0.15) is 20.7 Å². The number of aromatic nitrogens is 3. The molecule has 2 aromatic heterocycles. The zero-order chi connectivity index (χ0) is 14.7. The highest BCUT2D eigenvalue weighted by molar-refractivity contribution is 6.00. The van der Waals surface area contributed by atoms with Crippen LogP contribution in [-0.2, 0) is 0 Å². The summed E-state index contributed by atoms with van der Waals surface area (Å²) in [5.41, 5.74) is 6.99. The van der Waals surface area contributed by atoms with Crippen molar-refractivity contribution in [2.24, 2.45) is 0 Å². The number of carbonyl (C=O) groups is 2. The number of benzene rings is 1. The van der Waals surface area contributed by atoms with Gasteiger partial charge in [0.15, 0.2) is 0 Å². The maximum Gasteiger partial charge on any atom is 0.271 e. The number of nitrogens with zero attached hydrogens (tertiary/aromatic N) is 2. The number of imidazole rings is 1. The van der Waals surface area contributed by atoms with Crippen LogP contribution in [0.15, 0.2) is 49.1 Å². The van der Waals surface area contributed by atoms with Gasteiger partial charge in [-0.2, -0.15) is 0 Å². The van der Waals surface area contributed by atoms with Crippen molar-refractivity contribution in [2.45, 2.75) is 0 Å². The van der Waals surface area contributed by atoms with Crippen molar-refractivity contribution in [2.75, 3.05) is 0 Å². The lowest BCUT2D eigenvalue weighted by Gasteiger charge is -2.07. The number of aromatic amines is 1. The van der Waals surface area contributed by atoms with Gasteiger partial charge in [0.1, 0.15) is 0 Å². The van der Waals surface area contributed by atoms with Crippen LogP contribution in [0.25, 0.3) is 11.0 Å². The second kappa shape index (κ2) is 5.41. The van der Waals surface area contributed by atoms with Crippen LogP contribution in [0.4, 0.5) is 0 Å². The summed E-state index contributed by atoms with van der Waals surface area (Å²) in [7, 11) is 0.